The zero-order valence-corrected chi connectivity index (χ0v) is 9.68. The molecule has 0 radical (unpaired) electrons. The Hall–Kier alpha value is -2.28. The van der Waals surface area contributed by atoms with Crippen LogP contribution >= 0.6 is 0 Å². The molecule has 1 saturated heterocycles. The first-order chi connectivity index (χ1) is 8.88. The number of fused-ring (bicyclic) bond motifs is 3. The summed E-state index contributed by atoms with van der Waals surface area (Å²) in [5.41, 5.74) is 3.66. The number of ether oxygens (including phenoxy) is 1. The van der Waals surface area contributed by atoms with E-state index < -0.39 is 0 Å². The molecule has 1 aromatic rings. The van der Waals surface area contributed by atoms with Gasteiger partial charge in [-0.15, -0.1) is 0 Å². The summed E-state index contributed by atoms with van der Waals surface area (Å²) in [7, 11) is 0. The Labute approximate surface area is 104 Å². The number of hydrogen-bond acceptors (Lipinski definition) is 1. The Morgan fingerprint density at radius 3 is 2.94 bits per heavy atom. The molecule has 1 spiro atoms. The quantitative estimate of drug-likeness (QED) is 0.620. The van der Waals surface area contributed by atoms with Gasteiger partial charge in [-0.2, -0.15) is 0 Å². The minimum absolute atomic E-state index is 0.234. The fourth-order valence-electron chi connectivity index (χ4n) is 3.19. The lowest BCUT2D eigenvalue weighted by Crippen LogP contribution is -2.26. The number of epoxide rings is 1. The van der Waals surface area contributed by atoms with E-state index >= 15 is 0 Å². The molecule has 1 aromatic carbocycles. The van der Waals surface area contributed by atoms with Crippen LogP contribution in [0.25, 0.3) is 23.8 Å². The van der Waals surface area contributed by atoms with E-state index in [4.69, 9.17) is 4.74 Å². The van der Waals surface area contributed by atoms with E-state index in [1.807, 2.05) is 0 Å². The first-order valence-electron chi connectivity index (χ1n) is 6.22. The van der Waals surface area contributed by atoms with Crippen LogP contribution in [0.1, 0.15) is 11.1 Å². The molecule has 0 N–H and O–H groups in total. The average Bonchev–Trinajstić information content (AvgIpc) is 2.87. The molecule has 1 nitrogen and oxygen atoms in total. The van der Waals surface area contributed by atoms with E-state index in [2.05, 4.69) is 60.7 Å². The first-order valence-corrected chi connectivity index (χ1v) is 6.22. The van der Waals surface area contributed by atoms with Crippen molar-refractivity contribution in [3.63, 3.8) is 0 Å². The molecule has 1 heteroatoms. The van der Waals surface area contributed by atoms with Crippen LogP contribution in [0.15, 0.2) is 48.3 Å². The Morgan fingerprint density at radius 2 is 1.94 bits per heavy atom. The molecule has 0 amide bonds. The number of hydrogen-bond donors (Lipinski definition) is 0. The van der Waals surface area contributed by atoms with E-state index in [0.29, 0.717) is 0 Å². The van der Waals surface area contributed by atoms with Gasteiger partial charge in [-0.1, -0.05) is 48.6 Å². The standard InChI is InChI=1S/C17H10O/c1-2-9-17-15(6-1)13-8-7-11-4-3-5-12(11)14(13)10-16(17)18-17/h1-10H/t17-/m1/s1. The highest BCUT2D eigenvalue weighted by Crippen LogP contribution is 2.53. The highest BCUT2D eigenvalue weighted by molar-refractivity contribution is 5.89. The van der Waals surface area contributed by atoms with Crippen LogP contribution in [0, 0.1) is 0 Å². The van der Waals surface area contributed by atoms with Gasteiger partial charge in [0.1, 0.15) is 0 Å². The predicted octanol–water partition coefficient (Wildman–Crippen LogP) is 1.89. The Bertz CT molecular complexity index is 846. The zero-order chi connectivity index (χ0) is 11.7. The van der Waals surface area contributed by atoms with Gasteiger partial charge < -0.3 is 4.74 Å². The molecular weight excluding hydrogens is 220 g/mol. The fraction of sp³-hybridized carbons (Fsp3) is 0.0588. The van der Waals surface area contributed by atoms with Crippen LogP contribution in [-0.4, -0.2) is 5.60 Å². The molecule has 3 aliphatic carbocycles. The summed E-state index contributed by atoms with van der Waals surface area (Å²) in [6.45, 7) is 0. The smallest absolute Gasteiger partial charge is 0.209 e. The molecule has 0 saturated carbocycles. The zero-order valence-electron chi connectivity index (χ0n) is 9.68. The van der Waals surface area contributed by atoms with Crippen molar-refractivity contribution in [2.75, 3.05) is 0 Å². The van der Waals surface area contributed by atoms with Crippen molar-refractivity contribution in [2.45, 2.75) is 5.60 Å². The van der Waals surface area contributed by atoms with Crippen molar-refractivity contribution in [1.29, 1.82) is 0 Å². The number of rotatable bonds is 0. The van der Waals surface area contributed by atoms with Crippen molar-refractivity contribution in [3.8, 4) is 0 Å². The van der Waals surface area contributed by atoms with Crippen LogP contribution in [0.4, 0.5) is 0 Å². The second kappa shape index (κ2) is 2.59. The second-order valence-electron chi connectivity index (χ2n) is 5.03. The minimum atomic E-state index is -0.234. The normalized spacial score (nSPS) is 27.6. The second-order valence-corrected chi connectivity index (χ2v) is 5.03. The van der Waals surface area contributed by atoms with E-state index in [9.17, 15) is 0 Å². The highest BCUT2D eigenvalue weighted by atomic mass is 16.6. The van der Waals surface area contributed by atoms with Gasteiger partial charge >= 0.3 is 0 Å². The Kier molecular flexibility index (Phi) is 1.26. The molecule has 0 unspecified atom stereocenters. The van der Waals surface area contributed by atoms with Gasteiger partial charge in [0.05, 0.1) is 0 Å². The van der Waals surface area contributed by atoms with Gasteiger partial charge in [0, 0.05) is 5.57 Å². The molecule has 0 bridgehead atoms. The summed E-state index contributed by atoms with van der Waals surface area (Å²) in [4.78, 5) is 0. The average molecular weight is 230 g/mol. The molecule has 4 aliphatic rings. The van der Waals surface area contributed by atoms with Crippen LogP contribution in [0.3, 0.4) is 0 Å². The molecule has 1 heterocycles. The number of benzene rings is 1. The maximum atomic E-state index is 5.86. The molecule has 1 atom stereocenters. The van der Waals surface area contributed by atoms with Crippen LogP contribution < -0.4 is 10.4 Å². The lowest BCUT2D eigenvalue weighted by molar-refractivity contribution is 0.418. The van der Waals surface area contributed by atoms with Crippen molar-refractivity contribution in [3.05, 3.63) is 69.8 Å². The van der Waals surface area contributed by atoms with Gasteiger partial charge in [-0.25, -0.2) is 0 Å². The molecule has 84 valence electrons. The molecule has 5 rings (SSSR count). The summed E-state index contributed by atoms with van der Waals surface area (Å²) in [6.07, 6.45) is 17.1. The maximum absolute atomic E-state index is 5.86. The molecule has 0 aromatic heterocycles. The van der Waals surface area contributed by atoms with Gasteiger partial charge in [0.25, 0.3) is 0 Å². The minimum Gasteiger partial charge on any atom is -0.470 e. The van der Waals surface area contributed by atoms with Gasteiger partial charge in [-0.3, -0.25) is 0 Å². The van der Waals surface area contributed by atoms with Crippen LogP contribution in [0.5, 0.6) is 0 Å². The Morgan fingerprint density at radius 1 is 0.944 bits per heavy atom. The van der Waals surface area contributed by atoms with Crippen molar-refractivity contribution in [2.24, 2.45) is 0 Å². The summed E-state index contributed by atoms with van der Waals surface area (Å²) in [6, 6.07) is 4.41. The van der Waals surface area contributed by atoms with Gasteiger partial charge in [0.2, 0.25) is 5.60 Å². The third-order valence-corrected chi connectivity index (χ3v) is 4.13. The van der Waals surface area contributed by atoms with Gasteiger partial charge in [-0.05, 0) is 33.7 Å². The van der Waals surface area contributed by atoms with Crippen LogP contribution in [-0.2, 0) is 4.74 Å². The van der Waals surface area contributed by atoms with E-state index in [-0.39, 0.29) is 5.60 Å². The lowest BCUT2D eigenvalue weighted by atomic mass is 9.84. The van der Waals surface area contributed by atoms with Crippen LogP contribution in [0.2, 0.25) is 0 Å². The monoisotopic (exact) mass is 230 g/mol. The van der Waals surface area contributed by atoms with E-state index in [0.717, 1.165) is 5.76 Å². The van der Waals surface area contributed by atoms with E-state index in [1.54, 1.807) is 0 Å². The molecule has 1 fully saturated rings. The first kappa shape index (κ1) is 8.76. The predicted molar refractivity (Wildman–Crippen MR) is 72.7 cm³/mol. The summed E-state index contributed by atoms with van der Waals surface area (Å²) < 4.78 is 5.86. The van der Waals surface area contributed by atoms with Crippen molar-refractivity contribution < 1.29 is 4.74 Å². The highest BCUT2D eigenvalue weighted by Gasteiger charge is 2.55. The van der Waals surface area contributed by atoms with Crippen molar-refractivity contribution in [1.82, 2.24) is 0 Å². The fourth-order valence-corrected chi connectivity index (χ4v) is 3.19. The third-order valence-electron chi connectivity index (χ3n) is 4.13. The number of allylic oxidation sites excluding steroid dienone is 3. The van der Waals surface area contributed by atoms with E-state index in [1.165, 1.54) is 27.1 Å². The van der Waals surface area contributed by atoms with Crippen molar-refractivity contribution >= 4 is 23.8 Å². The van der Waals surface area contributed by atoms with Gasteiger partial charge in [0.15, 0.2) is 5.76 Å². The summed E-state index contributed by atoms with van der Waals surface area (Å²) in [5, 5.41) is 2.60. The topological polar surface area (TPSA) is 12.5 Å². The Balaban J connectivity index is 2.00. The molecule has 1 aliphatic heterocycles. The lowest BCUT2D eigenvalue weighted by Gasteiger charge is -2.15. The third kappa shape index (κ3) is 0.830. The maximum Gasteiger partial charge on any atom is 0.209 e. The summed E-state index contributed by atoms with van der Waals surface area (Å²) >= 11 is 0. The molecule has 18 heavy (non-hydrogen) atoms. The SMILES string of the molecule is C1=CC2=c3ccc4c(c3C=C3O[C@@]32C=C1)C=CC=4. The summed E-state index contributed by atoms with van der Waals surface area (Å²) in [5.74, 6) is 1.08. The largest absolute Gasteiger partial charge is 0.470 e. The molecular formula is C17H10O.